The second-order valence-electron chi connectivity index (χ2n) is 6.02. The van der Waals surface area contributed by atoms with Gasteiger partial charge in [0.25, 0.3) is 10.0 Å². The molecule has 3 rings (SSSR count). The molecule has 1 N–H and O–H groups in total. The fourth-order valence-corrected chi connectivity index (χ4v) is 3.81. The summed E-state index contributed by atoms with van der Waals surface area (Å²) < 4.78 is 33.3. The first kappa shape index (κ1) is 19.4. The summed E-state index contributed by atoms with van der Waals surface area (Å²) in [6.07, 6.45) is 0.887. The van der Waals surface area contributed by atoms with Crippen LogP contribution in [0.25, 0.3) is 11.3 Å². The van der Waals surface area contributed by atoms with E-state index in [-0.39, 0.29) is 22.0 Å². The van der Waals surface area contributed by atoms with Crippen LogP contribution in [0, 0.1) is 11.3 Å². The Balaban J connectivity index is 2.14. The lowest BCUT2D eigenvalue weighted by Gasteiger charge is -2.14. The quantitative estimate of drug-likeness (QED) is 0.683. The average molecular weight is 393 g/mol. The Morgan fingerprint density at radius 3 is 2.36 bits per heavy atom. The van der Waals surface area contributed by atoms with Crippen LogP contribution in [0.2, 0.25) is 0 Å². The Labute approximate surface area is 164 Å². The molecule has 0 aliphatic rings. The van der Waals surface area contributed by atoms with Crippen molar-refractivity contribution in [2.24, 2.45) is 0 Å². The molecule has 6 nitrogen and oxygen atoms in total. The molecule has 0 spiro atoms. The number of nitrogens with one attached hydrogen (secondary N) is 1. The number of hydrogen-bond donors (Lipinski definition) is 1. The molecule has 7 heteroatoms. The van der Waals surface area contributed by atoms with Crippen molar-refractivity contribution in [1.29, 1.82) is 5.26 Å². The van der Waals surface area contributed by atoms with Crippen LogP contribution in [0.4, 0.5) is 5.69 Å². The Morgan fingerprint density at radius 2 is 1.79 bits per heavy atom. The van der Waals surface area contributed by atoms with E-state index in [0.29, 0.717) is 11.3 Å². The molecule has 2 aromatic carbocycles. The van der Waals surface area contributed by atoms with Crippen molar-refractivity contribution in [3.63, 3.8) is 0 Å². The molecule has 142 valence electrons. The van der Waals surface area contributed by atoms with Crippen LogP contribution in [0.1, 0.15) is 18.1 Å². The van der Waals surface area contributed by atoms with Gasteiger partial charge in [0, 0.05) is 5.56 Å². The first-order chi connectivity index (χ1) is 13.5. The lowest BCUT2D eigenvalue weighted by molar-refractivity contribution is 0.397. The third-order valence-electron chi connectivity index (χ3n) is 4.23. The van der Waals surface area contributed by atoms with Gasteiger partial charge in [0.1, 0.15) is 11.6 Å². The first-order valence-corrected chi connectivity index (χ1v) is 10.1. The monoisotopic (exact) mass is 393 g/mol. The third-order valence-corrected chi connectivity index (χ3v) is 5.62. The molecular weight excluding hydrogens is 374 g/mol. The summed E-state index contributed by atoms with van der Waals surface area (Å²) in [5, 5.41) is 9.37. The van der Waals surface area contributed by atoms with Crippen LogP contribution in [-0.2, 0) is 16.4 Å². The standard InChI is InChI=1S/C21H19N3O3S/c1-3-15-9-11-16(12-10-15)20-19(13-17(14-22)21(23-20)27-2)24-28(25,26)18-7-5-4-6-8-18/h4-13,24H,3H2,1-2H3. The van der Waals surface area contributed by atoms with Gasteiger partial charge < -0.3 is 4.74 Å². The SMILES string of the molecule is CCc1ccc(-c2nc(OC)c(C#N)cc2NS(=O)(=O)c2ccccc2)cc1. The van der Waals surface area contributed by atoms with Gasteiger partial charge >= 0.3 is 0 Å². The second-order valence-corrected chi connectivity index (χ2v) is 7.70. The molecule has 0 saturated carbocycles. The molecule has 0 aliphatic carbocycles. The molecule has 1 heterocycles. The van der Waals surface area contributed by atoms with Crippen molar-refractivity contribution in [2.75, 3.05) is 11.8 Å². The van der Waals surface area contributed by atoms with Crippen LogP contribution in [0.15, 0.2) is 65.6 Å². The van der Waals surface area contributed by atoms with Gasteiger partial charge in [-0.1, -0.05) is 49.4 Å². The minimum Gasteiger partial charge on any atom is -0.480 e. The van der Waals surface area contributed by atoms with Gasteiger partial charge in [-0.2, -0.15) is 5.26 Å². The highest BCUT2D eigenvalue weighted by Crippen LogP contribution is 2.32. The van der Waals surface area contributed by atoms with Crippen molar-refractivity contribution >= 4 is 15.7 Å². The van der Waals surface area contributed by atoms with E-state index >= 15 is 0 Å². The molecule has 0 atom stereocenters. The number of pyridine rings is 1. The number of nitriles is 1. The number of methoxy groups -OCH3 is 1. The lowest BCUT2D eigenvalue weighted by atomic mass is 10.1. The van der Waals surface area contributed by atoms with E-state index < -0.39 is 10.0 Å². The van der Waals surface area contributed by atoms with Crippen LogP contribution in [0.5, 0.6) is 5.88 Å². The zero-order chi connectivity index (χ0) is 20.1. The number of aromatic nitrogens is 1. The van der Waals surface area contributed by atoms with Gasteiger partial charge in [-0.05, 0) is 30.2 Å². The Bertz CT molecular complexity index is 1120. The van der Waals surface area contributed by atoms with Crippen molar-refractivity contribution in [3.8, 4) is 23.2 Å². The van der Waals surface area contributed by atoms with Gasteiger partial charge in [0.05, 0.1) is 23.4 Å². The zero-order valence-corrected chi connectivity index (χ0v) is 16.3. The highest BCUT2D eigenvalue weighted by molar-refractivity contribution is 7.92. The maximum Gasteiger partial charge on any atom is 0.261 e. The van der Waals surface area contributed by atoms with E-state index in [1.165, 1.54) is 25.3 Å². The van der Waals surface area contributed by atoms with E-state index in [0.717, 1.165) is 12.0 Å². The smallest absolute Gasteiger partial charge is 0.261 e. The highest BCUT2D eigenvalue weighted by atomic mass is 32.2. The average Bonchev–Trinajstić information content (AvgIpc) is 2.74. The van der Waals surface area contributed by atoms with Crippen LogP contribution >= 0.6 is 0 Å². The van der Waals surface area contributed by atoms with Crippen LogP contribution in [-0.4, -0.2) is 20.5 Å². The summed E-state index contributed by atoms with van der Waals surface area (Å²) in [4.78, 5) is 4.52. The zero-order valence-electron chi connectivity index (χ0n) is 15.5. The van der Waals surface area contributed by atoms with Gasteiger partial charge in [0.2, 0.25) is 5.88 Å². The largest absolute Gasteiger partial charge is 0.480 e. The van der Waals surface area contributed by atoms with Crippen molar-refractivity contribution in [3.05, 3.63) is 71.8 Å². The normalized spacial score (nSPS) is 10.9. The van der Waals surface area contributed by atoms with Crippen molar-refractivity contribution in [1.82, 2.24) is 4.98 Å². The van der Waals surface area contributed by atoms with E-state index in [4.69, 9.17) is 4.74 Å². The van der Waals surface area contributed by atoms with Crippen molar-refractivity contribution in [2.45, 2.75) is 18.2 Å². The molecule has 0 radical (unpaired) electrons. The maximum absolute atomic E-state index is 12.8. The molecule has 0 fully saturated rings. The topological polar surface area (TPSA) is 92.1 Å². The lowest BCUT2D eigenvalue weighted by Crippen LogP contribution is -2.14. The second kappa shape index (κ2) is 8.11. The number of anilines is 1. The molecule has 0 unspecified atom stereocenters. The first-order valence-electron chi connectivity index (χ1n) is 8.64. The highest BCUT2D eigenvalue weighted by Gasteiger charge is 2.20. The molecule has 0 aliphatic heterocycles. The van der Waals surface area contributed by atoms with Gasteiger partial charge in [-0.25, -0.2) is 13.4 Å². The summed E-state index contributed by atoms with van der Waals surface area (Å²) in [7, 11) is -2.42. The number of hydrogen-bond acceptors (Lipinski definition) is 5. The van der Waals surface area contributed by atoms with Crippen LogP contribution in [0.3, 0.4) is 0 Å². The van der Waals surface area contributed by atoms with Gasteiger partial charge in [-0.3, -0.25) is 4.72 Å². The Hall–Kier alpha value is -3.37. The fourth-order valence-electron chi connectivity index (χ4n) is 2.73. The molecule has 1 aromatic heterocycles. The summed E-state index contributed by atoms with van der Waals surface area (Å²) in [6.45, 7) is 2.05. The minimum atomic E-state index is -3.84. The minimum absolute atomic E-state index is 0.122. The number of nitrogens with zero attached hydrogens (tertiary/aromatic N) is 2. The van der Waals surface area contributed by atoms with E-state index in [9.17, 15) is 13.7 Å². The van der Waals surface area contributed by atoms with Crippen molar-refractivity contribution < 1.29 is 13.2 Å². The van der Waals surface area contributed by atoms with Crippen LogP contribution < -0.4 is 9.46 Å². The summed E-state index contributed by atoms with van der Waals surface area (Å²) in [6, 6.07) is 19.1. The molecule has 0 amide bonds. The number of sulfonamides is 1. The third kappa shape index (κ3) is 3.97. The Kier molecular flexibility index (Phi) is 5.62. The number of aryl methyl sites for hydroxylation is 1. The molecule has 3 aromatic rings. The fraction of sp³-hybridized carbons (Fsp3) is 0.143. The molecular formula is C21H19N3O3S. The molecule has 0 bridgehead atoms. The predicted molar refractivity (Wildman–Crippen MR) is 108 cm³/mol. The Morgan fingerprint density at radius 1 is 1.11 bits per heavy atom. The van der Waals surface area contributed by atoms with Gasteiger partial charge in [-0.15, -0.1) is 0 Å². The number of benzene rings is 2. The summed E-state index contributed by atoms with van der Waals surface area (Å²) >= 11 is 0. The van der Waals surface area contributed by atoms with E-state index in [1.54, 1.807) is 18.2 Å². The summed E-state index contributed by atoms with van der Waals surface area (Å²) in [5.41, 5.74) is 2.60. The predicted octanol–water partition coefficient (Wildman–Crippen LogP) is 3.99. The van der Waals surface area contributed by atoms with Gasteiger partial charge in [0.15, 0.2) is 0 Å². The molecule has 0 saturated heterocycles. The molecule has 28 heavy (non-hydrogen) atoms. The van der Waals surface area contributed by atoms with E-state index in [1.807, 2.05) is 30.3 Å². The maximum atomic E-state index is 12.8. The van der Waals surface area contributed by atoms with E-state index in [2.05, 4.69) is 16.6 Å². The summed E-state index contributed by atoms with van der Waals surface area (Å²) in [5.74, 6) is 0.139. The number of ether oxygens (including phenoxy) is 1. The number of rotatable bonds is 6.